The minimum atomic E-state index is -0.129. The Hall–Kier alpha value is -2.82. The molecule has 2 aromatic carbocycles. The van der Waals surface area contributed by atoms with Gasteiger partial charge in [-0.25, -0.2) is 0 Å². The third-order valence-corrected chi connectivity index (χ3v) is 5.49. The number of carbonyl (C=O) groups excluding carboxylic acids is 2. The third-order valence-electron chi connectivity index (χ3n) is 5.49. The lowest BCUT2D eigenvalue weighted by Crippen LogP contribution is -2.43. The summed E-state index contributed by atoms with van der Waals surface area (Å²) in [4.78, 5) is 27.3. The van der Waals surface area contributed by atoms with Crippen LogP contribution in [0.4, 0.5) is 0 Å². The van der Waals surface area contributed by atoms with Crippen molar-refractivity contribution in [3.63, 3.8) is 0 Å². The summed E-state index contributed by atoms with van der Waals surface area (Å²) in [5, 5.41) is 3.10. The molecule has 0 spiro atoms. The maximum atomic E-state index is 12.7. The highest BCUT2D eigenvalue weighted by Gasteiger charge is 2.29. The van der Waals surface area contributed by atoms with E-state index >= 15 is 0 Å². The summed E-state index contributed by atoms with van der Waals surface area (Å²) in [6.45, 7) is 5.13. The van der Waals surface area contributed by atoms with Crippen LogP contribution < -0.4 is 10.1 Å². The number of para-hydroxylation sites is 1. The lowest BCUT2D eigenvalue weighted by molar-refractivity contribution is -0.127. The van der Waals surface area contributed by atoms with Gasteiger partial charge < -0.3 is 15.0 Å². The second-order valence-electron chi connectivity index (χ2n) is 7.35. The Labute approximate surface area is 166 Å². The number of amides is 2. The summed E-state index contributed by atoms with van der Waals surface area (Å²) in [5.74, 6) is 0.799. The van der Waals surface area contributed by atoms with Gasteiger partial charge in [0.2, 0.25) is 5.91 Å². The summed E-state index contributed by atoms with van der Waals surface area (Å²) in [6, 6.07) is 15.2. The van der Waals surface area contributed by atoms with E-state index in [9.17, 15) is 9.59 Å². The predicted molar refractivity (Wildman–Crippen MR) is 109 cm³/mol. The minimum Gasteiger partial charge on any atom is -0.496 e. The number of aryl methyl sites for hydroxylation is 1. The van der Waals surface area contributed by atoms with Crippen molar-refractivity contribution in [2.24, 2.45) is 5.92 Å². The highest BCUT2D eigenvalue weighted by molar-refractivity contribution is 5.95. The molecule has 28 heavy (non-hydrogen) atoms. The van der Waals surface area contributed by atoms with Crippen LogP contribution in [0.3, 0.4) is 0 Å². The zero-order chi connectivity index (χ0) is 20.1. The molecule has 1 N–H and O–H groups in total. The molecular weight excluding hydrogens is 352 g/mol. The molecule has 5 heteroatoms. The SMILES string of the molecule is COc1ccccc1[C@H](C)NC(=O)C1CCN(C(=O)c2ccccc2C)CC1. The van der Waals surface area contributed by atoms with E-state index in [-0.39, 0.29) is 23.8 Å². The van der Waals surface area contributed by atoms with Crippen molar-refractivity contribution in [1.82, 2.24) is 10.2 Å². The number of nitrogens with zero attached hydrogens (tertiary/aromatic N) is 1. The number of ether oxygens (including phenoxy) is 1. The van der Waals surface area contributed by atoms with E-state index in [2.05, 4.69) is 5.32 Å². The van der Waals surface area contributed by atoms with Gasteiger partial charge in [0.1, 0.15) is 5.75 Å². The average Bonchev–Trinajstić information content (AvgIpc) is 2.73. The van der Waals surface area contributed by atoms with Crippen LogP contribution in [0.5, 0.6) is 5.75 Å². The highest BCUT2D eigenvalue weighted by Crippen LogP contribution is 2.26. The molecular formula is C23H28N2O3. The topological polar surface area (TPSA) is 58.6 Å². The summed E-state index contributed by atoms with van der Waals surface area (Å²) >= 11 is 0. The number of benzene rings is 2. The number of rotatable bonds is 5. The van der Waals surface area contributed by atoms with Crippen LogP contribution in [0.25, 0.3) is 0 Å². The van der Waals surface area contributed by atoms with Gasteiger partial charge in [-0.15, -0.1) is 0 Å². The maximum absolute atomic E-state index is 12.7. The van der Waals surface area contributed by atoms with Crippen LogP contribution in [0.2, 0.25) is 0 Å². The van der Waals surface area contributed by atoms with Crippen LogP contribution in [0.15, 0.2) is 48.5 Å². The van der Waals surface area contributed by atoms with Crippen LogP contribution in [-0.4, -0.2) is 36.9 Å². The predicted octanol–water partition coefficient (Wildman–Crippen LogP) is 3.73. The largest absolute Gasteiger partial charge is 0.496 e. The standard InChI is InChI=1S/C23H28N2O3/c1-16-8-4-5-9-19(16)23(27)25-14-12-18(13-15-25)22(26)24-17(2)20-10-6-7-11-21(20)28-3/h4-11,17-18H,12-15H2,1-3H3,(H,24,26)/t17-/m0/s1. The van der Waals surface area contributed by atoms with E-state index in [0.29, 0.717) is 25.9 Å². The molecule has 1 fully saturated rings. The summed E-state index contributed by atoms with van der Waals surface area (Å²) in [7, 11) is 1.63. The highest BCUT2D eigenvalue weighted by atomic mass is 16.5. The van der Waals surface area contributed by atoms with E-state index in [4.69, 9.17) is 4.74 Å². The molecule has 1 aliphatic heterocycles. The van der Waals surface area contributed by atoms with E-state index < -0.39 is 0 Å². The average molecular weight is 380 g/mol. The Morgan fingerprint density at radius 3 is 2.39 bits per heavy atom. The molecule has 2 amide bonds. The second-order valence-corrected chi connectivity index (χ2v) is 7.35. The Balaban J connectivity index is 1.56. The van der Waals surface area contributed by atoms with E-state index in [1.54, 1.807) is 7.11 Å². The van der Waals surface area contributed by atoms with Crippen molar-refractivity contribution in [1.29, 1.82) is 0 Å². The van der Waals surface area contributed by atoms with Gasteiger partial charge in [0.15, 0.2) is 0 Å². The molecule has 148 valence electrons. The third kappa shape index (κ3) is 4.35. The smallest absolute Gasteiger partial charge is 0.254 e. The lowest BCUT2D eigenvalue weighted by atomic mass is 9.94. The summed E-state index contributed by atoms with van der Waals surface area (Å²) in [5.41, 5.74) is 2.69. The number of methoxy groups -OCH3 is 1. The molecule has 1 saturated heterocycles. The molecule has 1 atom stereocenters. The van der Waals surface area contributed by atoms with Gasteiger partial charge >= 0.3 is 0 Å². The number of hydrogen-bond donors (Lipinski definition) is 1. The molecule has 0 saturated carbocycles. The molecule has 1 aliphatic rings. The molecule has 0 bridgehead atoms. The van der Waals surface area contributed by atoms with Crippen molar-refractivity contribution < 1.29 is 14.3 Å². The number of hydrogen-bond acceptors (Lipinski definition) is 3. The van der Waals surface area contributed by atoms with Crippen molar-refractivity contribution >= 4 is 11.8 Å². The Kier molecular flexibility index (Phi) is 6.34. The zero-order valence-electron chi connectivity index (χ0n) is 16.8. The van der Waals surface area contributed by atoms with Crippen LogP contribution >= 0.6 is 0 Å². The van der Waals surface area contributed by atoms with Crippen molar-refractivity contribution in [3.8, 4) is 5.75 Å². The van der Waals surface area contributed by atoms with Gasteiger partial charge in [-0.05, 0) is 44.4 Å². The Bertz CT molecular complexity index is 841. The molecule has 0 radical (unpaired) electrons. The first-order valence-electron chi connectivity index (χ1n) is 9.79. The lowest BCUT2D eigenvalue weighted by Gasteiger charge is -2.32. The maximum Gasteiger partial charge on any atom is 0.254 e. The van der Waals surface area contributed by atoms with Gasteiger partial charge in [0, 0.05) is 30.1 Å². The van der Waals surface area contributed by atoms with Gasteiger partial charge in [-0.2, -0.15) is 0 Å². The van der Waals surface area contributed by atoms with E-state index in [1.807, 2.05) is 67.3 Å². The fourth-order valence-electron chi connectivity index (χ4n) is 3.76. The molecule has 0 aromatic heterocycles. The first kappa shape index (κ1) is 19.9. The molecule has 3 rings (SSSR count). The van der Waals surface area contributed by atoms with E-state index in [0.717, 1.165) is 22.4 Å². The van der Waals surface area contributed by atoms with Gasteiger partial charge in [-0.1, -0.05) is 36.4 Å². The van der Waals surface area contributed by atoms with E-state index in [1.165, 1.54) is 0 Å². The zero-order valence-corrected chi connectivity index (χ0v) is 16.8. The van der Waals surface area contributed by atoms with Crippen molar-refractivity contribution in [3.05, 3.63) is 65.2 Å². The Morgan fingerprint density at radius 1 is 1.07 bits per heavy atom. The number of piperidine rings is 1. The molecule has 5 nitrogen and oxygen atoms in total. The van der Waals surface area contributed by atoms with Gasteiger partial charge in [0.25, 0.3) is 5.91 Å². The minimum absolute atomic E-state index is 0.0430. The molecule has 0 unspecified atom stereocenters. The van der Waals surface area contributed by atoms with Crippen molar-refractivity contribution in [2.45, 2.75) is 32.7 Å². The molecule has 0 aliphatic carbocycles. The molecule has 1 heterocycles. The van der Waals surface area contributed by atoms with Crippen LogP contribution in [-0.2, 0) is 4.79 Å². The fourth-order valence-corrected chi connectivity index (χ4v) is 3.76. The molecule has 2 aromatic rings. The van der Waals surface area contributed by atoms with Gasteiger partial charge in [-0.3, -0.25) is 9.59 Å². The summed E-state index contributed by atoms with van der Waals surface area (Å²) < 4.78 is 5.39. The number of nitrogens with one attached hydrogen (secondary N) is 1. The second kappa shape index (κ2) is 8.91. The number of carbonyl (C=O) groups is 2. The summed E-state index contributed by atoms with van der Waals surface area (Å²) in [6.07, 6.45) is 1.37. The van der Waals surface area contributed by atoms with Crippen LogP contribution in [0.1, 0.15) is 47.3 Å². The first-order valence-corrected chi connectivity index (χ1v) is 9.79. The van der Waals surface area contributed by atoms with Crippen molar-refractivity contribution in [2.75, 3.05) is 20.2 Å². The number of likely N-dealkylation sites (tertiary alicyclic amines) is 1. The quantitative estimate of drug-likeness (QED) is 0.860. The first-order chi connectivity index (χ1) is 13.5. The monoisotopic (exact) mass is 380 g/mol. The fraction of sp³-hybridized carbons (Fsp3) is 0.391. The normalized spacial score (nSPS) is 15.8. The van der Waals surface area contributed by atoms with Gasteiger partial charge in [0.05, 0.1) is 13.2 Å². The Morgan fingerprint density at radius 2 is 1.71 bits per heavy atom. The van der Waals surface area contributed by atoms with Crippen LogP contribution in [0, 0.1) is 12.8 Å².